The molecule has 3 rings (SSSR count). The Morgan fingerprint density at radius 3 is 1.97 bits per heavy atom. The van der Waals surface area contributed by atoms with Crippen LogP contribution in [0.4, 0.5) is 26.3 Å². The van der Waals surface area contributed by atoms with Crippen LogP contribution in [0.1, 0.15) is 27.2 Å². The van der Waals surface area contributed by atoms with E-state index in [1.54, 1.807) is 0 Å². The van der Waals surface area contributed by atoms with Crippen molar-refractivity contribution in [3.63, 3.8) is 0 Å². The number of carbonyl (C=O) groups excluding carboxylic acids is 1. The molecule has 0 bridgehead atoms. The van der Waals surface area contributed by atoms with E-state index >= 15 is 0 Å². The molecule has 0 amide bonds. The van der Waals surface area contributed by atoms with Crippen LogP contribution < -0.4 is 0 Å². The van der Waals surface area contributed by atoms with Gasteiger partial charge in [-0.05, 0) is 19.1 Å². The summed E-state index contributed by atoms with van der Waals surface area (Å²) < 4.78 is 82.9. The molecule has 0 saturated carbocycles. The van der Waals surface area contributed by atoms with Crippen LogP contribution >= 0.6 is 0 Å². The molecule has 30 heavy (non-hydrogen) atoms. The molecule has 3 aromatic rings. The minimum atomic E-state index is -2.05. The Hall–Kier alpha value is -3.29. The molecule has 0 aliphatic carbocycles. The normalized spacial score (nSPS) is 10.5. The quantitative estimate of drug-likeness (QED) is 0.276. The van der Waals surface area contributed by atoms with Crippen molar-refractivity contribution in [3.8, 4) is 17.6 Å². The molecule has 0 spiro atoms. The zero-order valence-electron chi connectivity index (χ0n) is 14.6. The third-order valence-corrected chi connectivity index (χ3v) is 3.95. The third-order valence-electron chi connectivity index (χ3n) is 3.95. The first kappa shape index (κ1) is 23.0. The molecule has 0 atom stereocenters. The molecule has 0 fully saturated rings. The Kier molecular flexibility index (Phi) is 6.30. The van der Waals surface area contributed by atoms with E-state index in [-0.39, 0.29) is 27.4 Å². The van der Waals surface area contributed by atoms with Crippen LogP contribution in [0.5, 0.6) is 5.88 Å². The van der Waals surface area contributed by atoms with Crippen LogP contribution in [0.25, 0.3) is 5.69 Å². The zero-order chi connectivity index (χ0) is 21.6. The van der Waals surface area contributed by atoms with Crippen LogP contribution in [0.15, 0.2) is 18.2 Å². The van der Waals surface area contributed by atoms with Crippen molar-refractivity contribution in [2.45, 2.75) is 6.92 Å². The number of aromatic nitrogens is 2. The van der Waals surface area contributed by atoms with Crippen LogP contribution in [-0.4, -0.2) is 20.7 Å². The summed E-state index contributed by atoms with van der Waals surface area (Å²) in [5.74, 6) is -12.8. The Balaban J connectivity index is 0.00000320. The number of nitrogens with zero attached hydrogens (tertiary/aromatic N) is 3. The van der Waals surface area contributed by atoms with E-state index in [0.29, 0.717) is 18.2 Å². The molecule has 0 aliphatic rings. The Bertz CT molecular complexity index is 1190. The molecule has 1 radical (unpaired) electrons. The number of hydrogen-bond acceptors (Lipinski definition) is 4. The Labute approximate surface area is 174 Å². The zero-order valence-corrected chi connectivity index (χ0v) is 15.8. The maximum Gasteiger partial charge on any atom is 0.226 e. The van der Waals surface area contributed by atoms with Gasteiger partial charge in [0.25, 0.3) is 0 Å². The van der Waals surface area contributed by atoms with Gasteiger partial charge in [-0.3, -0.25) is 4.79 Å². The van der Waals surface area contributed by atoms with Crippen molar-refractivity contribution in [2.24, 2.45) is 0 Å². The van der Waals surface area contributed by atoms with E-state index in [0.717, 1.165) is 13.0 Å². The molecular formula is C18H7F6MnN3O2. The van der Waals surface area contributed by atoms with Gasteiger partial charge in [0.1, 0.15) is 34.5 Å². The molecule has 155 valence electrons. The Morgan fingerprint density at radius 1 is 1.00 bits per heavy atom. The second-order valence-corrected chi connectivity index (χ2v) is 5.77. The molecule has 1 heterocycles. The summed E-state index contributed by atoms with van der Waals surface area (Å²) in [6.07, 6.45) is 0. The van der Waals surface area contributed by atoms with Crippen molar-refractivity contribution in [3.05, 3.63) is 75.5 Å². The van der Waals surface area contributed by atoms with Gasteiger partial charge in [0, 0.05) is 28.7 Å². The summed E-state index contributed by atoms with van der Waals surface area (Å²) in [6.45, 7) is 1.10. The first-order chi connectivity index (χ1) is 13.6. The molecule has 0 saturated heterocycles. The fourth-order valence-electron chi connectivity index (χ4n) is 2.67. The fourth-order valence-corrected chi connectivity index (χ4v) is 2.67. The maximum absolute atomic E-state index is 14.2. The molecular weight excluding hydrogens is 459 g/mol. The maximum atomic E-state index is 14.2. The molecule has 1 N–H and O–H groups in total. The predicted molar refractivity (Wildman–Crippen MR) is 84.3 cm³/mol. The number of hydrogen-bond donors (Lipinski definition) is 1. The van der Waals surface area contributed by atoms with Gasteiger partial charge in [-0.1, -0.05) is 0 Å². The average molecular weight is 466 g/mol. The van der Waals surface area contributed by atoms with Crippen LogP contribution in [-0.2, 0) is 17.1 Å². The molecule has 1 aromatic heterocycles. The molecule has 0 aliphatic heterocycles. The summed E-state index contributed by atoms with van der Waals surface area (Å²) in [6, 6.07) is 2.73. The summed E-state index contributed by atoms with van der Waals surface area (Å²) in [4.78, 5) is 12.5. The van der Waals surface area contributed by atoms with Gasteiger partial charge in [-0.2, -0.15) is 15.0 Å². The summed E-state index contributed by atoms with van der Waals surface area (Å²) in [5.41, 5.74) is -4.68. The van der Waals surface area contributed by atoms with Gasteiger partial charge in [0.05, 0.1) is 5.69 Å². The second-order valence-electron chi connectivity index (χ2n) is 5.77. The smallest absolute Gasteiger partial charge is 0.226 e. The second kappa shape index (κ2) is 8.22. The van der Waals surface area contributed by atoms with Gasteiger partial charge < -0.3 is 5.11 Å². The molecule has 12 heteroatoms. The number of benzene rings is 2. The van der Waals surface area contributed by atoms with E-state index in [1.807, 2.05) is 0 Å². The predicted octanol–water partition coefficient (Wildman–Crippen LogP) is 3.82. The van der Waals surface area contributed by atoms with Crippen LogP contribution in [0, 0.1) is 53.2 Å². The van der Waals surface area contributed by atoms with Crippen molar-refractivity contribution in [1.29, 1.82) is 5.26 Å². The largest absolute Gasteiger partial charge is 0.493 e. The van der Waals surface area contributed by atoms with E-state index < -0.39 is 68.9 Å². The molecule has 0 unspecified atom stereocenters. The van der Waals surface area contributed by atoms with Gasteiger partial charge in [-0.15, -0.1) is 0 Å². The number of halogens is 6. The first-order valence-electron chi connectivity index (χ1n) is 7.64. The van der Waals surface area contributed by atoms with Crippen molar-refractivity contribution in [2.75, 3.05) is 0 Å². The first-order valence-corrected chi connectivity index (χ1v) is 7.64. The average Bonchev–Trinajstić information content (AvgIpc) is 2.93. The monoisotopic (exact) mass is 466 g/mol. The number of ketones is 1. The number of rotatable bonds is 3. The summed E-state index contributed by atoms with van der Waals surface area (Å²) in [7, 11) is 0. The fraction of sp³-hybridized carbons (Fsp3) is 0.0556. The SMILES string of the molecule is Cc1nn(-c2c(F)c(F)c(C#N)c(F)c2F)c(O)c1C(=O)c1cc(F)cc(F)c1.[Mn]. The van der Waals surface area contributed by atoms with Crippen LogP contribution in [0.3, 0.4) is 0 Å². The molecule has 2 aromatic carbocycles. The number of aryl methyl sites for hydroxylation is 1. The van der Waals surface area contributed by atoms with E-state index in [9.17, 15) is 36.2 Å². The van der Waals surface area contributed by atoms with Gasteiger partial charge in [-0.25, -0.2) is 26.3 Å². The Morgan fingerprint density at radius 2 is 1.50 bits per heavy atom. The van der Waals surface area contributed by atoms with E-state index in [4.69, 9.17) is 5.26 Å². The number of aromatic hydroxyl groups is 1. The minimum absolute atomic E-state index is 0. The van der Waals surface area contributed by atoms with E-state index in [2.05, 4.69) is 5.10 Å². The standard InChI is InChI=1S/C18H7F6N3O2.Mn/c1-6-11(17(28)7-2-8(19)4-9(20)3-7)18(29)27(26-6)16-14(23)12(21)10(5-25)13(22)15(16)24;/h2-4,29H,1H3;. The third kappa shape index (κ3) is 3.53. The minimum Gasteiger partial charge on any atom is -0.493 e. The topological polar surface area (TPSA) is 78.9 Å². The number of nitriles is 1. The van der Waals surface area contributed by atoms with Crippen LogP contribution in [0.2, 0.25) is 0 Å². The molecule has 5 nitrogen and oxygen atoms in total. The van der Waals surface area contributed by atoms with Crippen molar-refractivity contribution < 1.29 is 53.3 Å². The summed E-state index contributed by atoms with van der Waals surface area (Å²) >= 11 is 0. The van der Waals surface area contributed by atoms with Crippen molar-refractivity contribution in [1.82, 2.24) is 9.78 Å². The van der Waals surface area contributed by atoms with Crippen molar-refractivity contribution >= 4 is 5.78 Å². The van der Waals surface area contributed by atoms with Gasteiger partial charge >= 0.3 is 0 Å². The van der Waals surface area contributed by atoms with E-state index in [1.165, 1.54) is 0 Å². The van der Waals surface area contributed by atoms with Gasteiger partial charge in [0.15, 0.2) is 23.3 Å². The number of carbonyl (C=O) groups is 1. The summed E-state index contributed by atoms with van der Waals surface area (Å²) in [5, 5.41) is 22.3. The van der Waals surface area contributed by atoms with Gasteiger partial charge in [0.2, 0.25) is 11.7 Å².